The van der Waals surface area contributed by atoms with Gasteiger partial charge >= 0.3 is 6.18 Å². The van der Waals surface area contributed by atoms with Crippen molar-refractivity contribution in [2.45, 2.75) is 6.18 Å². The molecule has 3 aromatic rings. The van der Waals surface area contributed by atoms with Gasteiger partial charge in [-0.25, -0.2) is 0 Å². The second-order valence-electron chi connectivity index (χ2n) is 4.46. The number of anilines is 1. The second kappa shape index (κ2) is 4.26. The van der Waals surface area contributed by atoms with Crippen LogP contribution < -0.4 is 5.73 Å². The maximum atomic E-state index is 12.7. The number of rotatable bonds is 1. The Kier molecular flexibility index (Phi) is 2.67. The summed E-state index contributed by atoms with van der Waals surface area (Å²) in [4.78, 5) is 0. The van der Waals surface area contributed by atoms with Crippen molar-refractivity contribution >= 4 is 16.6 Å². The van der Waals surface area contributed by atoms with E-state index in [1.165, 1.54) is 6.07 Å². The summed E-state index contributed by atoms with van der Waals surface area (Å²) < 4.78 is 38.2. The van der Waals surface area contributed by atoms with Crippen LogP contribution in [0, 0.1) is 0 Å². The maximum absolute atomic E-state index is 12.7. The lowest BCUT2D eigenvalue weighted by Crippen LogP contribution is -2.04. The Morgan fingerprint density at radius 2 is 1.85 bits per heavy atom. The Morgan fingerprint density at radius 1 is 1.05 bits per heavy atom. The van der Waals surface area contributed by atoms with E-state index in [-0.39, 0.29) is 0 Å². The van der Waals surface area contributed by atoms with E-state index in [0.29, 0.717) is 22.3 Å². The molecule has 0 amide bonds. The molecule has 0 spiro atoms. The number of nitrogens with two attached hydrogens (primary N) is 1. The summed E-state index contributed by atoms with van der Waals surface area (Å²) in [6.45, 7) is 0. The van der Waals surface area contributed by atoms with Gasteiger partial charge in [0.1, 0.15) is 0 Å². The zero-order chi connectivity index (χ0) is 14.3. The van der Waals surface area contributed by atoms with Crippen LogP contribution in [0.25, 0.3) is 22.2 Å². The van der Waals surface area contributed by atoms with E-state index in [1.807, 2.05) is 0 Å². The average molecular weight is 277 g/mol. The second-order valence-corrected chi connectivity index (χ2v) is 4.46. The third-order valence-corrected chi connectivity index (χ3v) is 3.05. The Morgan fingerprint density at radius 3 is 2.60 bits per heavy atom. The number of fused-ring (bicyclic) bond motifs is 1. The van der Waals surface area contributed by atoms with Crippen molar-refractivity contribution in [3.63, 3.8) is 0 Å². The minimum Gasteiger partial charge on any atom is -0.399 e. The van der Waals surface area contributed by atoms with Gasteiger partial charge in [0.2, 0.25) is 0 Å². The number of alkyl halides is 3. The van der Waals surface area contributed by atoms with E-state index in [1.54, 1.807) is 24.3 Å². The van der Waals surface area contributed by atoms with E-state index >= 15 is 0 Å². The van der Waals surface area contributed by atoms with Gasteiger partial charge in [-0.3, -0.25) is 5.10 Å². The number of halogens is 3. The molecule has 0 saturated heterocycles. The van der Waals surface area contributed by atoms with Crippen molar-refractivity contribution in [1.29, 1.82) is 0 Å². The number of H-pyrrole nitrogens is 1. The number of hydrogen-bond acceptors (Lipinski definition) is 2. The molecule has 3 rings (SSSR count). The summed E-state index contributed by atoms with van der Waals surface area (Å²) in [7, 11) is 0. The van der Waals surface area contributed by atoms with Gasteiger partial charge in [-0.05, 0) is 30.3 Å². The lowest BCUT2D eigenvalue weighted by atomic mass is 10.0. The van der Waals surface area contributed by atoms with Crippen LogP contribution in [0.5, 0.6) is 0 Å². The highest BCUT2D eigenvalue weighted by atomic mass is 19.4. The molecule has 1 aromatic heterocycles. The predicted octanol–water partition coefficient (Wildman–Crippen LogP) is 3.83. The number of aromatic nitrogens is 2. The molecule has 3 N–H and O–H groups in total. The predicted molar refractivity (Wildman–Crippen MR) is 70.9 cm³/mol. The van der Waals surface area contributed by atoms with Crippen molar-refractivity contribution in [2.24, 2.45) is 0 Å². The molecule has 0 aliphatic carbocycles. The highest BCUT2D eigenvalue weighted by Crippen LogP contribution is 2.33. The fourth-order valence-corrected chi connectivity index (χ4v) is 2.09. The Bertz CT molecular complexity index is 775. The zero-order valence-corrected chi connectivity index (χ0v) is 10.2. The van der Waals surface area contributed by atoms with Gasteiger partial charge in [-0.15, -0.1) is 0 Å². The Labute approximate surface area is 112 Å². The van der Waals surface area contributed by atoms with Crippen LogP contribution in [-0.4, -0.2) is 10.2 Å². The van der Waals surface area contributed by atoms with Crippen LogP contribution >= 0.6 is 0 Å². The van der Waals surface area contributed by atoms with E-state index in [9.17, 15) is 13.2 Å². The van der Waals surface area contributed by atoms with Crippen LogP contribution in [-0.2, 0) is 6.18 Å². The molecule has 0 radical (unpaired) electrons. The van der Waals surface area contributed by atoms with E-state index in [0.717, 1.165) is 17.6 Å². The van der Waals surface area contributed by atoms with Crippen LogP contribution in [0.15, 0.2) is 42.5 Å². The van der Waals surface area contributed by atoms with Crippen LogP contribution in [0.1, 0.15) is 5.56 Å². The molecule has 0 fully saturated rings. The number of nitrogen functional groups attached to an aromatic ring is 1. The van der Waals surface area contributed by atoms with Gasteiger partial charge in [0.25, 0.3) is 0 Å². The third kappa shape index (κ3) is 2.09. The Hall–Kier alpha value is -2.50. The first-order valence-electron chi connectivity index (χ1n) is 5.86. The maximum Gasteiger partial charge on any atom is 0.416 e. The average Bonchev–Trinajstić information content (AvgIpc) is 2.81. The fourth-order valence-electron chi connectivity index (χ4n) is 2.09. The lowest BCUT2D eigenvalue weighted by molar-refractivity contribution is -0.137. The molecular weight excluding hydrogens is 267 g/mol. The van der Waals surface area contributed by atoms with Gasteiger partial charge in [0.15, 0.2) is 0 Å². The molecule has 0 unspecified atom stereocenters. The first-order valence-corrected chi connectivity index (χ1v) is 5.86. The molecule has 1 heterocycles. The van der Waals surface area contributed by atoms with Crippen LogP contribution in [0.3, 0.4) is 0 Å². The van der Waals surface area contributed by atoms with Crippen molar-refractivity contribution in [3.8, 4) is 11.3 Å². The molecule has 0 atom stereocenters. The number of benzene rings is 2. The van der Waals surface area contributed by atoms with Gasteiger partial charge in [0.05, 0.1) is 16.8 Å². The molecule has 0 saturated carbocycles. The van der Waals surface area contributed by atoms with E-state index in [4.69, 9.17) is 5.73 Å². The van der Waals surface area contributed by atoms with Crippen LogP contribution in [0.4, 0.5) is 18.9 Å². The minimum atomic E-state index is -4.37. The van der Waals surface area contributed by atoms with Crippen molar-refractivity contribution in [2.75, 3.05) is 5.73 Å². The number of aromatic amines is 1. The lowest BCUT2D eigenvalue weighted by Gasteiger charge is -2.07. The smallest absolute Gasteiger partial charge is 0.399 e. The Balaban J connectivity index is 2.18. The number of nitrogens with one attached hydrogen (secondary N) is 1. The van der Waals surface area contributed by atoms with Crippen molar-refractivity contribution in [3.05, 3.63) is 48.0 Å². The molecule has 102 valence electrons. The number of hydrogen-bond donors (Lipinski definition) is 2. The summed E-state index contributed by atoms with van der Waals surface area (Å²) in [5, 5.41) is 7.57. The molecule has 0 aliphatic rings. The minimum absolute atomic E-state index is 0.400. The monoisotopic (exact) mass is 277 g/mol. The third-order valence-electron chi connectivity index (χ3n) is 3.05. The molecule has 2 aromatic carbocycles. The van der Waals surface area contributed by atoms with Crippen molar-refractivity contribution in [1.82, 2.24) is 10.2 Å². The topological polar surface area (TPSA) is 54.7 Å². The summed E-state index contributed by atoms with van der Waals surface area (Å²) in [5.41, 5.74) is 7.13. The number of nitrogens with zero attached hydrogens (tertiary/aromatic N) is 1. The van der Waals surface area contributed by atoms with Gasteiger partial charge in [0, 0.05) is 16.6 Å². The molecule has 20 heavy (non-hydrogen) atoms. The largest absolute Gasteiger partial charge is 0.416 e. The van der Waals surface area contributed by atoms with E-state index in [2.05, 4.69) is 10.2 Å². The molecule has 6 heteroatoms. The summed E-state index contributed by atoms with van der Waals surface area (Å²) >= 11 is 0. The van der Waals surface area contributed by atoms with Gasteiger partial charge in [-0.2, -0.15) is 18.3 Å². The summed E-state index contributed by atoms with van der Waals surface area (Å²) in [6, 6.07) is 10.2. The molecule has 3 nitrogen and oxygen atoms in total. The van der Waals surface area contributed by atoms with Gasteiger partial charge < -0.3 is 5.73 Å². The highest BCUT2D eigenvalue weighted by Gasteiger charge is 2.30. The quantitative estimate of drug-likeness (QED) is 0.664. The highest BCUT2D eigenvalue weighted by molar-refractivity contribution is 5.94. The first-order chi connectivity index (χ1) is 9.45. The van der Waals surface area contributed by atoms with Gasteiger partial charge in [-0.1, -0.05) is 12.1 Å². The molecular formula is C14H10F3N3. The normalized spacial score (nSPS) is 11.9. The molecule has 0 bridgehead atoms. The SMILES string of the molecule is Nc1ccc2[nH]nc(-c3cccc(C(F)(F)F)c3)c2c1. The zero-order valence-electron chi connectivity index (χ0n) is 10.2. The fraction of sp³-hybridized carbons (Fsp3) is 0.0714. The van der Waals surface area contributed by atoms with E-state index < -0.39 is 11.7 Å². The summed E-state index contributed by atoms with van der Waals surface area (Å²) in [6.07, 6.45) is -4.37. The van der Waals surface area contributed by atoms with Crippen molar-refractivity contribution < 1.29 is 13.2 Å². The standard InChI is InChI=1S/C14H10F3N3/c15-14(16,17)9-3-1-2-8(6-9)13-11-7-10(18)4-5-12(11)19-20-13/h1-7H,18H2,(H,19,20). The first kappa shape index (κ1) is 12.5. The molecule has 0 aliphatic heterocycles. The van der Waals surface area contributed by atoms with Crippen LogP contribution in [0.2, 0.25) is 0 Å². The summed E-state index contributed by atoms with van der Waals surface area (Å²) in [5.74, 6) is 0.